The van der Waals surface area contributed by atoms with Gasteiger partial charge in [0.1, 0.15) is 0 Å². The van der Waals surface area contributed by atoms with Gasteiger partial charge in [0, 0.05) is 30.3 Å². The zero-order chi connectivity index (χ0) is 18.9. The number of nitrogens with zero attached hydrogens (tertiary/aromatic N) is 2. The molecule has 0 saturated heterocycles. The number of hydrogen-bond donors (Lipinski definition) is 1. The van der Waals surface area contributed by atoms with Crippen LogP contribution in [-0.4, -0.2) is 28.7 Å². The highest BCUT2D eigenvalue weighted by molar-refractivity contribution is 5.67. The van der Waals surface area contributed by atoms with Crippen molar-refractivity contribution < 1.29 is 9.53 Å². The molecule has 2 aromatic heterocycles. The maximum absolute atomic E-state index is 11.5. The van der Waals surface area contributed by atoms with Gasteiger partial charge in [-0.25, -0.2) is 4.79 Å². The van der Waals surface area contributed by atoms with Gasteiger partial charge in [-0.15, -0.1) is 0 Å². The van der Waals surface area contributed by atoms with Crippen LogP contribution >= 0.6 is 0 Å². The summed E-state index contributed by atoms with van der Waals surface area (Å²) < 4.78 is 5.23. The van der Waals surface area contributed by atoms with Gasteiger partial charge in [0.05, 0.1) is 6.61 Å². The molecule has 2 heterocycles. The van der Waals surface area contributed by atoms with Crippen molar-refractivity contribution in [2.45, 2.75) is 58.4 Å². The van der Waals surface area contributed by atoms with E-state index < -0.39 is 0 Å². The highest BCUT2D eigenvalue weighted by Gasteiger charge is 2.12. The molecule has 1 N–H and O–H groups in total. The van der Waals surface area contributed by atoms with Crippen LogP contribution in [0.15, 0.2) is 42.9 Å². The van der Waals surface area contributed by atoms with E-state index in [-0.39, 0.29) is 12.1 Å². The molecule has 5 heteroatoms. The molecular weight excluding hydrogens is 326 g/mol. The predicted octanol–water partition coefficient (Wildman–Crippen LogP) is 4.45. The highest BCUT2D eigenvalue weighted by atomic mass is 16.5. The lowest BCUT2D eigenvalue weighted by atomic mass is 9.94. The van der Waals surface area contributed by atoms with E-state index in [1.807, 2.05) is 38.4 Å². The van der Waals surface area contributed by atoms with Crippen molar-refractivity contribution in [3.63, 3.8) is 0 Å². The lowest BCUT2D eigenvalue weighted by molar-refractivity contribution is 0.140. The van der Waals surface area contributed by atoms with Crippen molar-refractivity contribution in [1.29, 1.82) is 0 Å². The zero-order valence-corrected chi connectivity index (χ0v) is 16.1. The molecule has 5 nitrogen and oxygen atoms in total. The van der Waals surface area contributed by atoms with Gasteiger partial charge < -0.3 is 10.1 Å². The summed E-state index contributed by atoms with van der Waals surface area (Å²) in [6.45, 7) is 8.57. The van der Waals surface area contributed by atoms with Gasteiger partial charge in [-0.05, 0) is 67.9 Å². The van der Waals surface area contributed by atoms with E-state index in [2.05, 4.69) is 41.3 Å². The van der Waals surface area contributed by atoms with Crippen LogP contribution in [0.1, 0.15) is 62.8 Å². The summed E-state index contributed by atoms with van der Waals surface area (Å²) >= 11 is 0. The van der Waals surface area contributed by atoms with E-state index >= 15 is 0 Å². The van der Waals surface area contributed by atoms with Gasteiger partial charge >= 0.3 is 6.09 Å². The molecule has 2 aromatic rings. The average Bonchev–Trinajstić information content (AvgIpc) is 2.62. The Kier molecular flexibility index (Phi) is 7.57. The molecule has 0 fully saturated rings. The van der Waals surface area contributed by atoms with Crippen LogP contribution in [0.4, 0.5) is 4.79 Å². The van der Waals surface area contributed by atoms with Crippen molar-refractivity contribution in [1.82, 2.24) is 15.3 Å². The number of alkyl carbamates (subject to hydrolysis) is 1. The van der Waals surface area contributed by atoms with Crippen molar-refractivity contribution in [2.24, 2.45) is 0 Å². The number of carbonyl (C=O) groups is 1. The molecule has 0 spiro atoms. The number of ether oxygens (including phenoxy) is 1. The number of carbonyl (C=O) groups excluding carboxylic acids is 1. The molecular formula is C21H29N3O2. The zero-order valence-electron chi connectivity index (χ0n) is 16.1. The van der Waals surface area contributed by atoms with Crippen LogP contribution in [0.25, 0.3) is 0 Å². The van der Waals surface area contributed by atoms with Gasteiger partial charge in [-0.3, -0.25) is 9.97 Å². The van der Waals surface area contributed by atoms with Crippen molar-refractivity contribution in [2.75, 3.05) is 6.61 Å². The second kappa shape index (κ2) is 9.90. The molecule has 0 radical (unpaired) electrons. The predicted molar refractivity (Wildman–Crippen MR) is 103 cm³/mol. The summed E-state index contributed by atoms with van der Waals surface area (Å²) in [6, 6.07) is 8.35. The monoisotopic (exact) mass is 355 g/mol. The third-order valence-corrected chi connectivity index (χ3v) is 4.37. The van der Waals surface area contributed by atoms with Crippen LogP contribution in [0, 0.1) is 0 Å². The van der Waals surface area contributed by atoms with E-state index in [9.17, 15) is 4.79 Å². The standard InChI is InChI=1S/C21H29N3O2/c1-15(2)24-21(25)26-11-8-16(3)18-7-10-23-20(13-18)12-17(4)19-6-5-9-22-14-19/h5-7,9-10,13-17H,8,11-12H2,1-4H3,(H,24,25). The summed E-state index contributed by atoms with van der Waals surface area (Å²) in [5.41, 5.74) is 3.52. The van der Waals surface area contributed by atoms with E-state index in [4.69, 9.17) is 4.74 Å². The first-order chi connectivity index (χ1) is 12.5. The first kappa shape index (κ1) is 19.9. The fourth-order valence-corrected chi connectivity index (χ4v) is 2.79. The largest absolute Gasteiger partial charge is 0.450 e. The molecule has 0 saturated carbocycles. The fraction of sp³-hybridized carbons (Fsp3) is 0.476. The smallest absolute Gasteiger partial charge is 0.407 e. The number of aromatic nitrogens is 2. The summed E-state index contributed by atoms with van der Waals surface area (Å²) in [5, 5.41) is 2.73. The third kappa shape index (κ3) is 6.47. The molecule has 0 aliphatic carbocycles. The summed E-state index contributed by atoms with van der Waals surface area (Å²) in [5.74, 6) is 0.669. The van der Waals surface area contributed by atoms with E-state index in [0.717, 1.165) is 18.5 Å². The van der Waals surface area contributed by atoms with Crippen LogP contribution in [-0.2, 0) is 11.2 Å². The van der Waals surface area contributed by atoms with Gasteiger partial charge in [0.2, 0.25) is 0 Å². The van der Waals surface area contributed by atoms with Crippen LogP contribution in [0.5, 0.6) is 0 Å². The number of hydrogen-bond acceptors (Lipinski definition) is 4. The Balaban J connectivity index is 1.88. The Hall–Kier alpha value is -2.43. The minimum absolute atomic E-state index is 0.0875. The van der Waals surface area contributed by atoms with Gasteiger partial charge in [-0.1, -0.05) is 19.9 Å². The van der Waals surface area contributed by atoms with Gasteiger partial charge in [0.25, 0.3) is 0 Å². The second-order valence-electron chi connectivity index (χ2n) is 7.10. The normalized spacial score (nSPS) is 13.3. The highest BCUT2D eigenvalue weighted by Crippen LogP contribution is 2.23. The molecule has 0 aliphatic rings. The molecule has 0 aromatic carbocycles. The SMILES string of the molecule is CC(C)NC(=O)OCCC(C)c1ccnc(CC(C)c2cccnc2)c1. The molecule has 2 rings (SSSR count). The van der Waals surface area contributed by atoms with E-state index in [1.54, 1.807) is 6.20 Å². The topological polar surface area (TPSA) is 64.1 Å². The Labute approximate surface area is 156 Å². The Morgan fingerprint density at radius 1 is 1.12 bits per heavy atom. The lowest BCUT2D eigenvalue weighted by Crippen LogP contribution is -2.31. The molecule has 0 aliphatic heterocycles. The van der Waals surface area contributed by atoms with Crippen LogP contribution in [0.3, 0.4) is 0 Å². The Morgan fingerprint density at radius 2 is 1.92 bits per heavy atom. The molecule has 140 valence electrons. The molecule has 0 bridgehead atoms. The third-order valence-electron chi connectivity index (χ3n) is 4.37. The van der Waals surface area contributed by atoms with Crippen LogP contribution in [0.2, 0.25) is 0 Å². The molecule has 2 unspecified atom stereocenters. The minimum atomic E-state index is -0.354. The summed E-state index contributed by atoms with van der Waals surface area (Å²) in [4.78, 5) is 20.2. The van der Waals surface area contributed by atoms with Gasteiger partial charge in [0.15, 0.2) is 0 Å². The maximum Gasteiger partial charge on any atom is 0.407 e. The Bertz CT molecular complexity index is 689. The van der Waals surface area contributed by atoms with Crippen molar-refractivity contribution in [3.05, 3.63) is 59.7 Å². The maximum atomic E-state index is 11.5. The fourth-order valence-electron chi connectivity index (χ4n) is 2.79. The molecule has 2 atom stereocenters. The van der Waals surface area contributed by atoms with Crippen molar-refractivity contribution in [3.8, 4) is 0 Å². The minimum Gasteiger partial charge on any atom is -0.450 e. The summed E-state index contributed by atoms with van der Waals surface area (Å²) in [7, 11) is 0. The first-order valence-electron chi connectivity index (χ1n) is 9.23. The number of pyridine rings is 2. The number of amides is 1. The second-order valence-corrected chi connectivity index (χ2v) is 7.10. The first-order valence-corrected chi connectivity index (χ1v) is 9.23. The average molecular weight is 355 g/mol. The van der Waals surface area contributed by atoms with Gasteiger partial charge in [-0.2, -0.15) is 0 Å². The number of rotatable bonds is 8. The Morgan fingerprint density at radius 3 is 2.62 bits per heavy atom. The quantitative estimate of drug-likeness (QED) is 0.760. The number of nitrogens with one attached hydrogen (secondary N) is 1. The van der Waals surface area contributed by atoms with E-state index in [1.165, 1.54) is 11.1 Å². The molecule has 26 heavy (non-hydrogen) atoms. The molecule has 1 amide bonds. The summed E-state index contributed by atoms with van der Waals surface area (Å²) in [6.07, 6.45) is 6.88. The van der Waals surface area contributed by atoms with Crippen molar-refractivity contribution >= 4 is 6.09 Å². The van der Waals surface area contributed by atoms with E-state index in [0.29, 0.717) is 18.4 Å². The lowest BCUT2D eigenvalue weighted by Gasteiger charge is -2.15. The van der Waals surface area contributed by atoms with Crippen LogP contribution < -0.4 is 5.32 Å².